The largest absolute Gasteiger partial charge is 0.497 e. The van der Waals surface area contributed by atoms with Gasteiger partial charge in [0.1, 0.15) is 34.7 Å². The monoisotopic (exact) mass is 538 g/mol. The van der Waals surface area contributed by atoms with E-state index in [0.29, 0.717) is 11.6 Å². The van der Waals surface area contributed by atoms with Gasteiger partial charge in [-0.1, -0.05) is 72.8 Å². The fraction of sp³-hybridized carbons (Fsp3) is 0.258. The second kappa shape index (κ2) is 10.9. The van der Waals surface area contributed by atoms with Gasteiger partial charge in [0.2, 0.25) is 0 Å². The van der Waals surface area contributed by atoms with Crippen LogP contribution in [-0.4, -0.2) is 45.7 Å². The first-order chi connectivity index (χ1) is 19.4. The fourth-order valence-corrected chi connectivity index (χ4v) is 5.32. The van der Waals surface area contributed by atoms with Crippen LogP contribution in [-0.2, 0) is 10.3 Å². The van der Waals surface area contributed by atoms with E-state index in [1.165, 1.54) is 17.7 Å². The van der Waals surface area contributed by atoms with Crippen molar-refractivity contribution in [3.63, 3.8) is 0 Å². The van der Waals surface area contributed by atoms with E-state index in [1.807, 2.05) is 84.9 Å². The van der Waals surface area contributed by atoms with Crippen LogP contribution >= 0.6 is 0 Å². The molecular formula is C31H30N4O5. The lowest BCUT2D eigenvalue weighted by Crippen LogP contribution is -2.41. The maximum atomic E-state index is 13.4. The first-order valence-corrected chi connectivity index (χ1v) is 12.9. The number of methoxy groups -OCH3 is 1. The van der Waals surface area contributed by atoms with E-state index in [0.717, 1.165) is 16.7 Å². The second-order valence-electron chi connectivity index (χ2n) is 9.89. The van der Waals surface area contributed by atoms with Crippen molar-refractivity contribution < 1.29 is 19.7 Å². The summed E-state index contributed by atoms with van der Waals surface area (Å²) < 4.78 is 12.3. The number of aliphatic hydroxyl groups excluding tert-OH is 2. The number of rotatable bonds is 8. The van der Waals surface area contributed by atoms with Crippen molar-refractivity contribution in [1.82, 2.24) is 9.55 Å². The predicted octanol–water partition coefficient (Wildman–Crippen LogP) is 3.44. The van der Waals surface area contributed by atoms with Gasteiger partial charge in [0.15, 0.2) is 6.23 Å². The Balaban J connectivity index is 1.64. The SMILES string of the molecule is COc1ccc(C(Nc2ccn([C@H]3O[C@H](CO)[C@@H](O)[C@@]3(C)C#N)c(=O)n2)(c2ccccc2)c2ccccc2)cc1. The molecule has 0 spiro atoms. The van der Waals surface area contributed by atoms with Gasteiger partial charge < -0.3 is 25.0 Å². The molecule has 0 aliphatic carbocycles. The molecule has 204 valence electrons. The third-order valence-electron chi connectivity index (χ3n) is 7.54. The number of anilines is 1. The number of nitriles is 1. The first-order valence-electron chi connectivity index (χ1n) is 12.9. The van der Waals surface area contributed by atoms with E-state index in [1.54, 1.807) is 13.2 Å². The van der Waals surface area contributed by atoms with Gasteiger partial charge in [-0.15, -0.1) is 0 Å². The Morgan fingerprint density at radius 2 is 1.60 bits per heavy atom. The Labute approximate surface area is 231 Å². The summed E-state index contributed by atoms with van der Waals surface area (Å²) in [5.41, 5.74) is -0.350. The molecule has 1 aromatic heterocycles. The third-order valence-corrected chi connectivity index (χ3v) is 7.54. The van der Waals surface area contributed by atoms with Gasteiger partial charge in [-0.2, -0.15) is 10.2 Å². The van der Waals surface area contributed by atoms with E-state index < -0.39 is 41.7 Å². The lowest BCUT2D eigenvalue weighted by molar-refractivity contribution is -0.0503. The smallest absolute Gasteiger partial charge is 0.351 e. The molecule has 1 aliphatic rings. The molecule has 4 aromatic rings. The molecule has 9 heteroatoms. The summed E-state index contributed by atoms with van der Waals surface area (Å²) in [7, 11) is 1.61. The highest BCUT2D eigenvalue weighted by Gasteiger charge is 2.54. The van der Waals surface area contributed by atoms with Gasteiger partial charge in [-0.25, -0.2) is 4.79 Å². The van der Waals surface area contributed by atoms with Gasteiger partial charge in [0, 0.05) is 6.20 Å². The molecule has 3 aromatic carbocycles. The third kappa shape index (κ3) is 4.52. The van der Waals surface area contributed by atoms with Crippen molar-refractivity contribution >= 4 is 5.82 Å². The number of benzene rings is 3. The van der Waals surface area contributed by atoms with Crippen molar-refractivity contribution in [2.75, 3.05) is 19.0 Å². The Hall–Kier alpha value is -4.49. The zero-order chi connectivity index (χ0) is 28.3. The fourth-order valence-electron chi connectivity index (χ4n) is 5.32. The summed E-state index contributed by atoms with van der Waals surface area (Å²) in [4.78, 5) is 17.7. The van der Waals surface area contributed by atoms with Crippen molar-refractivity contribution in [2.24, 2.45) is 5.41 Å². The van der Waals surface area contributed by atoms with Gasteiger partial charge in [0.05, 0.1) is 19.8 Å². The predicted molar refractivity (Wildman–Crippen MR) is 149 cm³/mol. The Bertz CT molecular complexity index is 1510. The number of ether oxygens (including phenoxy) is 2. The number of nitrogens with zero attached hydrogens (tertiary/aromatic N) is 3. The minimum Gasteiger partial charge on any atom is -0.497 e. The van der Waals surface area contributed by atoms with Crippen LogP contribution in [0, 0.1) is 16.7 Å². The number of nitrogens with one attached hydrogen (secondary N) is 1. The molecular weight excluding hydrogens is 508 g/mol. The highest BCUT2D eigenvalue weighted by molar-refractivity contribution is 5.58. The van der Waals surface area contributed by atoms with Crippen LogP contribution in [0.3, 0.4) is 0 Å². The molecule has 1 aliphatic heterocycles. The molecule has 4 atom stereocenters. The quantitative estimate of drug-likeness (QED) is 0.291. The number of hydrogen-bond acceptors (Lipinski definition) is 8. The van der Waals surface area contributed by atoms with Crippen molar-refractivity contribution in [3.8, 4) is 11.8 Å². The average Bonchev–Trinajstić information content (AvgIpc) is 3.26. The maximum Gasteiger partial charge on any atom is 0.351 e. The van der Waals surface area contributed by atoms with Crippen LogP contribution in [0.25, 0.3) is 0 Å². The van der Waals surface area contributed by atoms with Crippen LogP contribution in [0.5, 0.6) is 5.75 Å². The lowest BCUT2D eigenvalue weighted by Gasteiger charge is -2.37. The van der Waals surface area contributed by atoms with Gasteiger partial charge in [-0.05, 0) is 41.8 Å². The van der Waals surface area contributed by atoms with Crippen LogP contribution in [0.15, 0.2) is 102 Å². The number of hydrogen-bond donors (Lipinski definition) is 3. The summed E-state index contributed by atoms with van der Waals surface area (Å²) in [6, 6.07) is 31.1. The first kappa shape index (κ1) is 27.1. The van der Waals surface area contributed by atoms with Crippen LogP contribution in [0.4, 0.5) is 5.82 Å². The summed E-state index contributed by atoms with van der Waals surface area (Å²) in [5, 5.41) is 33.6. The topological polar surface area (TPSA) is 130 Å². The standard InChI is InChI=1S/C31H30N4O5/c1-30(20-32)27(37)25(19-36)40-28(30)35-18-17-26(33-29(35)38)34-31(21-9-5-3-6-10-21,22-11-7-4-8-12-22)23-13-15-24(39-2)16-14-23/h3-18,25,27-28,36-37H,19H2,1-2H3,(H,33,34,38)/t25-,27-,28+,30-/m1/s1. The normalized spacial score (nSPS) is 22.4. The van der Waals surface area contributed by atoms with Crippen LogP contribution in [0.2, 0.25) is 0 Å². The molecule has 0 amide bonds. The summed E-state index contributed by atoms with van der Waals surface area (Å²) in [6.07, 6.45) is -1.93. The summed E-state index contributed by atoms with van der Waals surface area (Å²) in [6.45, 7) is 1.01. The molecule has 3 N–H and O–H groups in total. The molecule has 0 saturated carbocycles. The second-order valence-corrected chi connectivity index (χ2v) is 9.89. The zero-order valence-electron chi connectivity index (χ0n) is 22.1. The van der Waals surface area contributed by atoms with E-state index in [2.05, 4.69) is 16.4 Å². The van der Waals surface area contributed by atoms with Gasteiger partial charge in [-0.3, -0.25) is 4.57 Å². The van der Waals surface area contributed by atoms with Crippen molar-refractivity contribution in [1.29, 1.82) is 5.26 Å². The molecule has 1 saturated heterocycles. The average molecular weight is 539 g/mol. The maximum absolute atomic E-state index is 13.4. The Morgan fingerprint density at radius 3 is 2.10 bits per heavy atom. The van der Waals surface area contributed by atoms with E-state index in [-0.39, 0.29) is 0 Å². The molecule has 1 fully saturated rings. The summed E-state index contributed by atoms with van der Waals surface area (Å²) >= 11 is 0. The minimum absolute atomic E-state index is 0.292. The number of aromatic nitrogens is 2. The van der Waals surface area contributed by atoms with Crippen LogP contribution < -0.4 is 15.7 Å². The van der Waals surface area contributed by atoms with E-state index in [9.17, 15) is 20.3 Å². The Kier molecular flexibility index (Phi) is 7.41. The van der Waals surface area contributed by atoms with Crippen LogP contribution in [0.1, 0.15) is 29.8 Å². The minimum atomic E-state index is -1.46. The molecule has 5 rings (SSSR count). The number of aliphatic hydroxyl groups is 2. The van der Waals surface area contributed by atoms with Gasteiger partial charge in [0.25, 0.3) is 0 Å². The lowest BCUT2D eigenvalue weighted by atomic mass is 9.77. The molecule has 0 bridgehead atoms. The molecule has 0 unspecified atom stereocenters. The van der Waals surface area contributed by atoms with Crippen molar-refractivity contribution in [3.05, 3.63) is 124 Å². The molecule has 40 heavy (non-hydrogen) atoms. The highest BCUT2D eigenvalue weighted by Crippen LogP contribution is 2.44. The summed E-state index contributed by atoms with van der Waals surface area (Å²) in [5.74, 6) is 1.00. The highest BCUT2D eigenvalue weighted by atomic mass is 16.5. The molecule has 0 radical (unpaired) electrons. The van der Waals surface area contributed by atoms with E-state index in [4.69, 9.17) is 9.47 Å². The van der Waals surface area contributed by atoms with Crippen molar-refractivity contribution in [2.45, 2.75) is 30.9 Å². The molecule has 9 nitrogen and oxygen atoms in total. The zero-order valence-corrected chi connectivity index (χ0v) is 22.1. The van der Waals surface area contributed by atoms with Gasteiger partial charge >= 0.3 is 5.69 Å². The molecule has 2 heterocycles. The Morgan fingerprint density at radius 1 is 1.02 bits per heavy atom. The van der Waals surface area contributed by atoms with E-state index >= 15 is 0 Å².